The van der Waals surface area contributed by atoms with Crippen LogP contribution in [0.25, 0.3) is 0 Å². The van der Waals surface area contributed by atoms with E-state index in [1.807, 2.05) is 42.5 Å². The summed E-state index contributed by atoms with van der Waals surface area (Å²) in [6, 6.07) is 26.3. The molecule has 4 rings (SSSR count). The van der Waals surface area contributed by atoms with E-state index in [2.05, 4.69) is 60.5 Å². The molecule has 0 saturated carbocycles. The van der Waals surface area contributed by atoms with Gasteiger partial charge in [-0.15, -0.1) is 0 Å². The van der Waals surface area contributed by atoms with E-state index < -0.39 is 0 Å². The molecule has 32 heavy (non-hydrogen) atoms. The monoisotopic (exact) mass is 430 g/mol. The largest absolute Gasteiger partial charge is 0.484 e. The van der Waals surface area contributed by atoms with Crippen LogP contribution in [0.15, 0.2) is 78.9 Å². The lowest BCUT2D eigenvalue weighted by Crippen LogP contribution is -2.36. The fourth-order valence-electron chi connectivity index (χ4n) is 3.91. The lowest BCUT2D eigenvalue weighted by atomic mass is 9.78. The van der Waals surface area contributed by atoms with Gasteiger partial charge in [0.1, 0.15) is 5.75 Å². The van der Waals surface area contributed by atoms with E-state index in [0.717, 1.165) is 37.7 Å². The maximum atomic E-state index is 12.3. The molecule has 0 atom stereocenters. The minimum atomic E-state index is -0.183. The molecule has 166 valence electrons. The van der Waals surface area contributed by atoms with Gasteiger partial charge >= 0.3 is 0 Å². The molecule has 5 heteroatoms. The molecule has 1 N–H and O–H groups in total. The van der Waals surface area contributed by atoms with Crippen LogP contribution in [0.4, 0.5) is 11.4 Å². The van der Waals surface area contributed by atoms with Gasteiger partial charge in [-0.2, -0.15) is 0 Å². The first-order valence-corrected chi connectivity index (χ1v) is 11.0. The SMILES string of the molecule is CC(C)(c1ccccc1)c1ccc(OCC(=O)Nc2ccc(N3CCOCC3)cc2)cc1. The average molecular weight is 431 g/mol. The van der Waals surface area contributed by atoms with Crippen LogP contribution in [0, 0.1) is 0 Å². The Balaban J connectivity index is 1.29. The lowest BCUT2D eigenvalue weighted by molar-refractivity contribution is -0.118. The summed E-state index contributed by atoms with van der Waals surface area (Å²) in [5.74, 6) is 0.494. The number of benzene rings is 3. The Labute approximate surface area is 190 Å². The van der Waals surface area contributed by atoms with E-state index in [9.17, 15) is 4.79 Å². The lowest BCUT2D eigenvalue weighted by Gasteiger charge is -2.28. The molecular formula is C27H30N2O3. The number of ether oxygens (including phenoxy) is 2. The van der Waals surface area contributed by atoms with Gasteiger partial charge in [0.25, 0.3) is 5.91 Å². The number of anilines is 2. The van der Waals surface area contributed by atoms with E-state index in [1.54, 1.807) is 0 Å². The number of carbonyl (C=O) groups excluding carboxylic acids is 1. The molecule has 1 aliphatic heterocycles. The molecule has 1 saturated heterocycles. The average Bonchev–Trinajstić information content (AvgIpc) is 2.84. The summed E-state index contributed by atoms with van der Waals surface area (Å²) in [5.41, 5.74) is 4.25. The van der Waals surface area contributed by atoms with Crippen molar-refractivity contribution in [1.29, 1.82) is 0 Å². The first kappa shape index (κ1) is 21.9. The van der Waals surface area contributed by atoms with Crippen LogP contribution in [-0.2, 0) is 14.9 Å². The highest BCUT2D eigenvalue weighted by Gasteiger charge is 2.22. The van der Waals surface area contributed by atoms with Crippen molar-refractivity contribution in [2.24, 2.45) is 0 Å². The van der Waals surface area contributed by atoms with Crippen LogP contribution in [0.2, 0.25) is 0 Å². The Morgan fingerprint density at radius 3 is 2.19 bits per heavy atom. The maximum absolute atomic E-state index is 12.3. The fraction of sp³-hybridized carbons (Fsp3) is 0.296. The minimum Gasteiger partial charge on any atom is -0.484 e. The summed E-state index contributed by atoms with van der Waals surface area (Å²) in [6.07, 6.45) is 0. The zero-order valence-electron chi connectivity index (χ0n) is 18.7. The molecule has 1 amide bonds. The van der Waals surface area contributed by atoms with Gasteiger partial charge in [-0.1, -0.05) is 56.3 Å². The molecule has 5 nitrogen and oxygen atoms in total. The molecule has 3 aromatic carbocycles. The van der Waals surface area contributed by atoms with Gasteiger partial charge in [0.05, 0.1) is 13.2 Å². The third kappa shape index (κ3) is 5.29. The molecular weight excluding hydrogens is 400 g/mol. The molecule has 0 unspecified atom stereocenters. The maximum Gasteiger partial charge on any atom is 0.262 e. The Morgan fingerprint density at radius 2 is 1.53 bits per heavy atom. The second-order valence-electron chi connectivity index (χ2n) is 8.50. The third-order valence-corrected chi connectivity index (χ3v) is 5.97. The highest BCUT2D eigenvalue weighted by Crippen LogP contribution is 2.32. The summed E-state index contributed by atoms with van der Waals surface area (Å²) < 4.78 is 11.1. The van der Waals surface area contributed by atoms with Gasteiger partial charge in [-0.25, -0.2) is 0 Å². The van der Waals surface area contributed by atoms with Crippen molar-refractivity contribution in [3.8, 4) is 5.75 Å². The predicted octanol–water partition coefficient (Wildman–Crippen LogP) is 4.87. The number of carbonyl (C=O) groups is 1. The highest BCUT2D eigenvalue weighted by molar-refractivity contribution is 5.92. The molecule has 1 aliphatic rings. The summed E-state index contributed by atoms with van der Waals surface area (Å²) in [4.78, 5) is 14.6. The number of nitrogens with one attached hydrogen (secondary N) is 1. The number of rotatable bonds is 7. The molecule has 0 bridgehead atoms. The van der Waals surface area contributed by atoms with E-state index in [0.29, 0.717) is 5.75 Å². The van der Waals surface area contributed by atoms with Crippen LogP contribution in [0.3, 0.4) is 0 Å². The molecule has 3 aromatic rings. The van der Waals surface area contributed by atoms with Crippen molar-refractivity contribution >= 4 is 17.3 Å². The van der Waals surface area contributed by atoms with Crippen molar-refractivity contribution in [2.45, 2.75) is 19.3 Å². The first-order chi connectivity index (χ1) is 15.5. The molecule has 0 radical (unpaired) electrons. The van der Waals surface area contributed by atoms with Crippen molar-refractivity contribution in [2.75, 3.05) is 43.1 Å². The summed E-state index contributed by atoms with van der Waals surface area (Å²) in [6.45, 7) is 7.65. The molecule has 0 aliphatic carbocycles. The molecule has 0 spiro atoms. The molecule has 1 heterocycles. The smallest absolute Gasteiger partial charge is 0.262 e. The van der Waals surface area contributed by atoms with E-state index >= 15 is 0 Å². The molecule has 1 fully saturated rings. The summed E-state index contributed by atoms with van der Waals surface area (Å²) in [5, 5.41) is 2.89. The van der Waals surface area contributed by atoms with Crippen LogP contribution in [0.5, 0.6) is 5.75 Å². The van der Waals surface area contributed by atoms with Crippen molar-refractivity contribution < 1.29 is 14.3 Å². The van der Waals surface area contributed by atoms with Crippen LogP contribution in [0.1, 0.15) is 25.0 Å². The normalized spacial score (nSPS) is 14.1. The second kappa shape index (κ2) is 9.88. The van der Waals surface area contributed by atoms with Crippen molar-refractivity contribution in [3.05, 3.63) is 90.0 Å². The number of amides is 1. The van der Waals surface area contributed by atoms with Gasteiger partial charge in [0.2, 0.25) is 0 Å². The van der Waals surface area contributed by atoms with Gasteiger partial charge in [-0.3, -0.25) is 4.79 Å². The van der Waals surface area contributed by atoms with Crippen LogP contribution in [-0.4, -0.2) is 38.8 Å². The van der Waals surface area contributed by atoms with Crippen molar-refractivity contribution in [3.63, 3.8) is 0 Å². The van der Waals surface area contributed by atoms with Crippen LogP contribution >= 0.6 is 0 Å². The van der Waals surface area contributed by atoms with Gasteiger partial charge in [-0.05, 0) is 47.5 Å². The zero-order chi connectivity index (χ0) is 22.4. The second-order valence-corrected chi connectivity index (χ2v) is 8.50. The van der Waals surface area contributed by atoms with Gasteiger partial charge < -0.3 is 19.7 Å². The zero-order valence-corrected chi connectivity index (χ0v) is 18.7. The number of hydrogen-bond donors (Lipinski definition) is 1. The summed E-state index contributed by atoms with van der Waals surface area (Å²) in [7, 11) is 0. The Hall–Kier alpha value is -3.31. The third-order valence-electron chi connectivity index (χ3n) is 5.97. The quantitative estimate of drug-likeness (QED) is 0.581. The predicted molar refractivity (Wildman–Crippen MR) is 129 cm³/mol. The number of hydrogen-bond acceptors (Lipinski definition) is 4. The highest BCUT2D eigenvalue weighted by atomic mass is 16.5. The topological polar surface area (TPSA) is 50.8 Å². The Morgan fingerprint density at radius 1 is 0.906 bits per heavy atom. The Kier molecular flexibility index (Phi) is 6.76. The van der Waals surface area contributed by atoms with Crippen molar-refractivity contribution in [1.82, 2.24) is 0 Å². The van der Waals surface area contributed by atoms with Gasteiger partial charge in [0, 0.05) is 29.9 Å². The van der Waals surface area contributed by atoms with E-state index in [1.165, 1.54) is 11.1 Å². The van der Waals surface area contributed by atoms with Gasteiger partial charge in [0.15, 0.2) is 6.61 Å². The first-order valence-electron chi connectivity index (χ1n) is 11.0. The minimum absolute atomic E-state index is 0.0351. The summed E-state index contributed by atoms with van der Waals surface area (Å²) >= 11 is 0. The Bertz CT molecular complexity index is 1010. The molecule has 0 aromatic heterocycles. The van der Waals surface area contributed by atoms with Crippen LogP contribution < -0.4 is 15.0 Å². The number of nitrogens with zero attached hydrogens (tertiary/aromatic N) is 1. The van der Waals surface area contributed by atoms with E-state index in [4.69, 9.17) is 9.47 Å². The van der Waals surface area contributed by atoms with E-state index in [-0.39, 0.29) is 17.9 Å². The number of morpholine rings is 1. The fourth-order valence-corrected chi connectivity index (χ4v) is 3.91. The standard InChI is InChI=1S/C27H30N2O3/c1-27(2,21-6-4-3-5-7-21)22-8-14-25(15-9-22)32-20-26(30)28-23-10-12-24(13-11-23)29-16-18-31-19-17-29/h3-15H,16-20H2,1-2H3,(H,28,30).